The summed E-state index contributed by atoms with van der Waals surface area (Å²) >= 11 is 0. The first kappa shape index (κ1) is 9.34. The molecule has 15 heavy (non-hydrogen) atoms. The van der Waals surface area contributed by atoms with Crippen molar-refractivity contribution in [1.82, 2.24) is 20.6 Å². The summed E-state index contributed by atoms with van der Waals surface area (Å²) in [6.07, 6.45) is 0.351. The highest BCUT2D eigenvalue weighted by molar-refractivity contribution is 5.25. The van der Waals surface area contributed by atoms with Crippen LogP contribution < -0.4 is 0 Å². The van der Waals surface area contributed by atoms with Crippen molar-refractivity contribution in [2.45, 2.75) is 12.3 Å². The molecule has 0 fully saturated rings. The van der Waals surface area contributed by atoms with Crippen molar-refractivity contribution in [1.29, 1.82) is 5.26 Å². The maximum atomic E-state index is 8.76. The van der Waals surface area contributed by atoms with Crippen molar-refractivity contribution in [2.24, 2.45) is 0 Å². The van der Waals surface area contributed by atoms with Gasteiger partial charge in [0.1, 0.15) is 0 Å². The second-order valence-corrected chi connectivity index (χ2v) is 3.10. The van der Waals surface area contributed by atoms with Gasteiger partial charge in [0.15, 0.2) is 5.82 Å². The van der Waals surface area contributed by atoms with Gasteiger partial charge >= 0.3 is 0 Å². The van der Waals surface area contributed by atoms with E-state index < -0.39 is 0 Å². The fraction of sp³-hybridized carbons (Fsp3) is 0.200. The second-order valence-electron chi connectivity index (χ2n) is 3.10. The van der Waals surface area contributed by atoms with Crippen LogP contribution in [0.3, 0.4) is 0 Å². The standard InChI is InChI=1S/C10H9N5/c11-7-6-9(10-12-14-15-13-10)8-4-2-1-3-5-8/h1-5,9H,6H2,(H,12,13,14,15). The number of hydrogen-bond donors (Lipinski definition) is 1. The third-order valence-electron chi connectivity index (χ3n) is 2.17. The third-order valence-corrected chi connectivity index (χ3v) is 2.17. The van der Waals surface area contributed by atoms with Gasteiger partial charge in [-0.2, -0.15) is 10.5 Å². The zero-order valence-electron chi connectivity index (χ0n) is 7.96. The molecule has 74 valence electrons. The van der Waals surface area contributed by atoms with Crippen molar-refractivity contribution in [3.63, 3.8) is 0 Å². The van der Waals surface area contributed by atoms with Crippen molar-refractivity contribution in [3.8, 4) is 6.07 Å². The Labute approximate surface area is 86.7 Å². The van der Waals surface area contributed by atoms with Crippen LogP contribution in [0.15, 0.2) is 30.3 Å². The first-order chi connectivity index (χ1) is 7.42. The Morgan fingerprint density at radius 3 is 2.73 bits per heavy atom. The molecule has 0 bridgehead atoms. The minimum Gasteiger partial charge on any atom is -0.198 e. The number of tetrazole rings is 1. The van der Waals surface area contributed by atoms with Crippen LogP contribution in [0, 0.1) is 11.3 Å². The van der Waals surface area contributed by atoms with E-state index in [9.17, 15) is 0 Å². The molecule has 0 amide bonds. The Morgan fingerprint density at radius 2 is 2.13 bits per heavy atom. The van der Waals surface area contributed by atoms with E-state index in [0.29, 0.717) is 12.2 Å². The van der Waals surface area contributed by atoms with E-state index >= 15 is 0 Å². The summed E-state index contributed by atoms with van der Waals surface area (Å²) in [5.74, 6) is 0.456. The van der Waals surface area contributed by atoms with Crippen LogP contribution in [0.25, 0.3) is 0 Å². The average molecular weight is 199 g/mol. The van der Waals surface area contributed by atoms with Gasteiger partial charge in [0.25, 0.3) is 0 Å². The SMILES string of the molecule is N#CCC(c1ccccc1)c1nn[nH]n1. The lowest BCUT2D eigenvalue weighted by molar-refractivity contribution is 0.763. The summed E-state index contributed by atoms with van der Waals surface area (Å²) < 4.78 is 0. The highest BCUT2D eigenvalue weighted by Crippen LogP contribution is 2.23. The van der Waals surface area contributed by atoms with Crippen molar-refractivity contribution >= 4 is 0 Å². The van der Waals surface area contributed by atoms with E-state index in [-0.39, 0.29) is 5.92 Å². The molecule has 0 saturated carbocycles. The molecule has 0 aliphatic heterocycles. The Kier molecular flexibility index (Phi) is 2.70. The molecule has 2 aromatic rings. The number of benzene rings is 1. The molecular formula is C10H9N5. The number of nitrogens with one attached hydrogen (secondary N) is 1. The molecule has 1 heterocycles. The van der Waals surface area contributed by atoms with Crippen LogP contribution in [-0.4, -0.2) is 20.6 Å². The number of H-pyrrole nitrogens is 1. The van der Waals surface area contributed by atoms with Gasteiger partial charge in [-0.25, -0.2) is 0 Å². The Hall–Kier alpha value is -2.22. The number of hydrogen-bond acceptors (Lipinski definition) is 4. The van der Waals surface area contributed by atoms with Crippen LogP contribution in [-0.2, 0) is 0 Å². The number of aromatic nitrogens is 4. The molecular weight excluding hydrogens is 190 g/mol. The molecule has 1 unspecified atom stereocenters. The quantitative estimate of drug-likeness (QED) is 0.806. The predicted molar refractivity (Wildman–Crippen MR) is 52.7 cm³/mol. The largest absolute Gasteiger partial charge is 0.198 e. The van der Waals surface area contributed by atoms with E-state index in [1.165, 1.54) is 0 Å². The number of nitrogens with zero attached hydrogens (tertiary/aromatic N) is 4. The Bertz CT molecular complexity index is 442. The lowest BCUT2D eigenvalue weighted by atomic mass is 9.96. The lowest BCUT2D eigenvalue weighted by Crippen LogP contribution is -2.02. The van der Waals surface area contributed by atoms with E-state index in [4.69, 9.17) is 5.26 Å². The lowest BCUT2D eigenvalue weighted by Gasteiger charge is -2.08. The minimum absolute atomic E-state index is 0.102. The number of rotatable bonds is 3. The number of aromatic amines is 1. The normalized spacial score (nSPS) is 11.9. The molecule has 0 saturated heterocycles. The molecule has 0 aliphatic rings. The topological polar surface area (TPSA) is 78.2 Å². The second kappa shape index (κ2) is 4.33. The maximum absolute atomic E-state index is 8.76. The van der Waals surface area contributed by atoms with Gasteiger partial charge in [-0.15, -0.1) is 10.2 Å². The molecule has 0 aliphatic carbocycles. The molecule has 1 aromatic carbocycles. The highest BCUT2D eigenvalue weighted by atomic mass is 15.5. The average Bonchev–Trinajstić information content (AvgIpc) is 2.80. The van der Waals surface area contributed by atoms with Gasteiger partial charge in [0, 0.05) is 6.42 Å². The van der Waals surface area contributed by atoms with Gasteiger partial charge in [-0.3, -0.25) is 0 Å². The van der Waals surface area contributed by atoms with Gasteiger partial charge in [0.2, 0.25) is 0 Å². The van der Waals surface area contributed by atoms with Crippen LogP contribution in [0.5, 0.6) is 0 Å². The fourth-order valence-corrected chi connectivity index (χ4v) is 1.45. The fourth-order valence-electron chi connectivity index (χ4n) is 1.45. The number of nitriles is 1. The zero-order valence-corrected chi connectivity index (χ0v) is 7.96. The van der Waals surface area contributed by atoms with Gasteiger partial charge < -0.3 is 0 Å². The maximum Gasteiger partial charge on any atom is 0.183 e. The molecule has 1 N–H and O–H groups in total. The van der Waals surface area contributed by atoms with Gasteiger partial charge in [-0.1, -0.05) is 35.5 Å². The Balaban J connectivity index is 2.33. The highest BCUT2D eigenvalue weighted by Gasteiger charge is 2.17. The van der Waals surface area contributed by atoms with E-state index in [1.54, 1.807) is 0 Å². The van der Waals surface area contributed by atoms with E-state index in [1.807, 2.05) is 30.3 Å². The molecule has 5 heteroatoms. The van der Waals surface area contributed by atoms with E-state index in [2.05, 4.69) is 26.7 Å². The van der Waals surface area contributed by atoms with Crippen molar-refractivity contribution < 1.29 is 0 Å². The molecule has 0 spiro atoms. The Morgan fingerprint density at radius 1 is 1.33 bits per heavy atom. The van der Waals surface area contributed by atoms with Crippen LogP contribution >= 0.6 is 0 Å². The smallest absolute Gasteiger partial charge is 0.183 e. The summed E-state index contributed by atoms with van der Waals surface area (Å²) in [5.41, 5.74) is 1.03. The molecule has 2 rings (SSSR count). The van der Waals surface area contributed by atoms with Crippen molar-refractivity contribution in [2.75, 3.05) is 0 Å². The first-order valence-corrected chi connectivity index (χ1v) is 4.57. The summed E-state index contributed by atoms with van der Waals surface area (Å²) in [6.45, 7) is 0. The first-order valence-electron chi connectivity index (χ1n) is 4.57. The van der Waals surface area contributed by atoms with Crippen LogP contribution in [0.4, 0.5) is 0 Å². The predicted octanol–water partition coefficient (Wildman–Crippen LogP) is 1.25. The van der Waals surface area contributed by atoms with E-state index in [0.717, 1.165) is 5.56 Å². The molecule has 1 aromatic heterocycles. The molecule has 1 atom stereocenters. The summed E-state index contributed by atoms with van der Waals surface area (Å²) in [6, 6.07) is 11.8. The molecule has 5 nitrogen and oxygen atoms in total. The summed E-state index contributed by atoms with van der Waals surface area (Å²) in [7, 11) is 0. The minimum atomic E-state index is -0.102. The van der Waals surface area contributed by atoms with Crippen LogP contribution in [0.1, 0.15) is 23.7 Å². The summed E-state index contributed by atoms with van der Waals surface area (Å²) in [4.78, 5) is 0. The monoisotopic (exact) mass is 199 g/mol. The van der Waals surface area contributed by atoms with Gasteiger partial charge in [0.05, 0.1) is 12.0 Å². The zero-order chi connectivity index (χ0) is 10.5. The van der Waals surface area contributed by atoms with Gasteiger partial charge in [-0.05, 0) is 5.56 Å². The van der Waals surface area contributed by atoms with Crippen molar-refractivity contribution in [3.05, 3.63) is 41.7 Å². The molecule has 0 radical (unpaired) electrons. The summed E-state index contributed by atoms with van der Waals surface area (Å²) in [5, 5.41) is 22.5. The third kappa shape index (κ3) is 1.99. The van der Waals surface area contributed by atoms with Crippen LogP contribution in [0.2, 0.25) is 0 Å².